The molecule has 2 heterocycles. The summed E-state index contributed by atoms with van der Waals surface area (Å²) >= 11 is 12.0. The molecule has 1 fully saturated rings. The standard InChI is InChI=1S/C13H15Cl2N3O4/c1-16-13-17-7-2-5(14)6(15)3-8(7)18(13)12-11(21)10(20)9(4-19)22-12/h2-3,9-12,19-21H,4H2,1H3,(H,16,17)/t9-,10-,11+,12-/m0/s1. The van der Waals surface area contributed by atoms with E-state index in [-0.39, 0.29) is 0 Å². The number of aliphatic hydroxyl groups is 3. The molecule has 0 radical (unpaired) electrons. The Kier molecular flexibility index (Phi) is 4.19. The van der Waals surface area contributed by atoms with Gasteiger partial charge in [-0.05, 0) is 12.1 Å². The van der Waals surface area contributed by atoms with Crippen molar-refractivity contribution in [3.63, 3.8) is 0 Å². The van der Waals surface area contributed by atoms with Gasteiger partial charge in [0.25, 0.3) is 0 Å². The van der Waals surface area contributed by atoms with Crippen molar-refractivity contribution in [2.24, 2.45) is 0 Å². The van der Waals surface area contributed by atoms with E-state index in [1.165, 1.54) is 0 Å². The number of nitrogens with one attached hydrogen (secondary N) is 1. The number of halogens is 2. The summed E-state index contributed by atoms with van der Waals surface area (Å²) in [4.78, 5) is 4.36. The number of anilines is 1. The number of hydrogen-bond acceptors (Lipinski definition) is 6. The zero-order valence-corrected chi connectivity index (χ0v) is 13.1. The van der Waals surface area contributed by atoms with E-state index in [4.69, 9.17) is 27.9 Å². The Bertz CT molecular complexity index is 708. The maximum Gasteiger partial charge on any atom is 0.205 e. The molecule has 120 valence electrons. The van der Waals surface area contributed by atoms with Crippen LogP contribution in [0.3, 0.4) is 0 Å². The number of benzene rings is 1. The molecule has 2 aromatic rings. The summed E-state index contributed by atoms with van der Waals surface area (Å²) in [6, 6.07) is 3.22. The van der Waals surface area contributed by atoms with E-state index >= 15 is 0 Å². The van der Waals surface area contributed by atoms with E-state index in [9.17, 15) is 15.3 Å². The molecule has 4 atom stereocenters. The molecule has 0 spiro atoms. The van der Waals surface area contributed by atoms with Gasteiger partial charge in [-0.3, -0.25) is 4.57 Å². The average Bonchev–Trinajstić information content (AvgIpc) is 2.98. The van der Waals surface area contributed by atoms with Crippen LogP contribution in [0.15, 0.2) is 12.1 Å². The fourth-order valence-corrected chi connectivity index (χ4v) is 2.93. The van der Waals surface area contributed by atoms with Gasteiger partial charge >= 0.3 is 0 Å². The molecule has 1 saturated heterocycles. The zero-order valence-electron chi connectivity index (χ0n) is 11.6. The van der Waals surface area contributed by atoms with Gasteiger partial charge in [-0.1, -0.05) is 23.2 Å². The highest BCUT2D eigenvalue weighted by Crippen LogP contribution is 2.37. The minimum Gasteiger partial charge on any atom is -0.394 e. The molecular formula is C13H15Cl2N3O4. The highest BCUT2D eigenvalue weighted by molar-refractivity contribution is 6.42. The van der Waals surface area contributed by atoms with Crippen molar-refractivity contribution in [3.8, 4) is 0 Å². The number of aliphatic hydroxyl groups excluding tert-OH is 3. The SMILES string of the molecule is CNc1nc2cc(Cl)c(Cl)cc2n1[C@H]1O[C@@H](CO)[C@H](O)[C@H]1O. The zero-order chi connectivity index (χ0) is 16.0. The summed E-state index contributed by atoms with van der Waals surface area (Å²) in [5.41, 5.74) is 1.16. The van der Waals surface area contributed by atoms with Gasteiger partial charge in [-0.15, -0.1) is 0 Å². The number of rotatable bonds is 3. The summed E-state index contributed by atoms with van der Waals surface area (Å²) in [7, 11) is 1.67. The molecule has 0 unspecified atom stereocenters. The Labute approximate surface area is 136 Å². The highest BCUT2D eigenvalue weighted by atomic mass is 35.5. The summed E-state index contributed by atoms with van der Waals surface area (Å²) in [5.74, 6) is 0.420. The average molecular weight is 348 g/mol. The van der Waals surface area contributed by atoms with Crippen molar-refractivity contribution in [3.05, 3.63) is 22.2 Å². The third-order valence-corrected chi connectivity index (χ3v) is 4.45. The van der Waals surface area contributed by atoms with Crippen LogP contribution in [0.1, 0.15) is 6.23 Å². The molecule has 0 saturated carbocycles. The highest BCUT2D eigenvalue weighted by Gasteiger charge is 2.44. The molecule has 7 nitrogen and oxygen atoms in total. The molecule has 9 heteroatoms. The monoisotopic (exact) mass is 347 g/mol. The third kappa shape index (κ3) is 2.34. The van der Waals surface area contributed by atoms with E-state index in [1.807, 2.05) is 0 Å². The van der Waals surface area contributed by atoms with Crippen molar-refractivity contribution in [1.29, 1.82) is 0 Å². The van der Waals surface area contributed by atoms with Gasteiger partial charge in [0.05, 0.1) is 27.7 Å². The lowest BCUT2D eigenvalue weighted by molar-refractivity contribution is -0.0499. The lowest BCUT2D eigenvalue weighted by Crippen LogP contribution is -2.33. The lowest BCUT2D eigenvalue weighted by Gasteiger charge is -2.19. The molecule has 1 aromatic heterocycles. The third-order valence-electron chi connectivity index (χ3n) is 3.73. The second-order valence-electron chi connectivity index (χ2n) is 5.04. The molecule has 22 heavy (non-hydrogen) atoms. The maximum absolute atomic E-state index is 10.2. The largest absolute Gasteiger partial charge is 0.394 e. The number of fused-ring (bicyclic) bond motifs is 1. The van der Waals surface area contributed by atoms with Gasteiger partial charge in [0, 0.05) is 7.05 Å². The molecule has 0 amide bonds. The predicted octanol–water partition coefficient (Wildman–Crippen LogP) is 0.996. The fraction of sp³-hybridized carbons (Fsp3) is 0.462. The van der Waals surface area contributed by atoms with Gasteiger partial charge < -0.3 is 25.4 Å². The van der Waals surface area contributed by atoms with Crippen molar-refractivity contribution < 1.29 is 20.1 Å². The Morgan fingerprint density at radius 2 is 1.95 bits per heavy atom. The topological polar surface area (TPSA) is 99.8 Å². The Morgan fingerprint density at radius 3 is 2.55 bits per heavy atom. The number of imidazole rings is 1. The van der Waals surface area contributed by atoms with E-state index in [0.717, 1.165) is 0 Å². The molecule has 0 aliphatic carbocycles. The first-order chi connectivity index (χ1) is 10.5. The number of aromatic nitrogens is 2. The molecule has 1 aliphatic rings. The summed E-state index contributed by atoms with van der Waals surface area (Å²) in [5, 5.41) is 33.0. The first-order valence-corrected chi connectivity index (χ1v) is 7.40. The van der Waals surface area contributed by atoms with Crippen LogP contribution in [0.4, 0.5) is 5.95 Å². The molecule has 1 aromatic carbocycles. The summed E-state index contributed by atoms with van der Waals surface area (Å²) in [6.07, 6.45) is -4.18. The van der Waals surface area contributed by atoms with Crippen LogP contribution in [0.2, 0.25) is 10.0 Å². The van der Waals surface area contributed by atoms with Gasteiger partial charge in [0.2, 0.25) is 5.95 Å². The van der Waals surface area contributed by atoms with Gasteiger partial charge in [-0.2, -0.15) is 0 Å². The van der Waals surface area contributed by atoms with Crippen molar-refractivity contribution >= 4 is 40.2 Å². The molecule has 1 aliphatic heterocycles. The van der Waals surface area contributed by atoms with Gasteiger partial charge in [0.1, 0.15) is 18.3 Å². The summed E-state index contributed by atoms with van der Waals surface area (Å²) < 4.78 is 7.14. The van der Waals surface area contributed by atoms with Crippen LogP contribution in [0.5, 0.6) is 0 Å². The van der Waals surface area contributed by atoms with Crippen LogP contribution in [0, 0.1) is 0 Å². The van der Waals surface area contributed by atoms with Crippen molar-refractivity contribution in [2.75, 3.05) is 19.0 Å². The van der Waals surface area contributed by atoms with E-state index < -0.39 is 31.1 Å². The first-order valence-electron chi connectivity index (χ1n) is 6.65. The molecule has 4 N–H and O–H groups in total. The van der Waals surface area contributed by atoms with Crippen molar-refractivity contribution in [1.82, 2.24) is 9.55 Å². The van der Waals surface area contributed by atoms with Crippen LogP contribution in [-0.4, -0.2) is 56.8 Å². The predicted molar refractivity (Wildman–Crippen MR) is 82.3 cm³/mol. The Hall–Kier alpha value is -1.09. The lowest BCUT2D eigenvalue weighted by atomic mass is 10.1. The maximum atomic E-state index is 10.2. The fourth-order valence-electron chi connectivity index (χ4n) is 2.62. The van der Waals surface area contributed by atoms with Crippen LogP contribution in [-0.2, 0) is 4.74 Å². The number of hydrogen-bond donors (Lipinski definition) is 4. The van der Waals surface area contributed by atoms with E-state index in [1.54, 1.807) is 23.7 Å². The Balaban J connectivity index is 2.15. The van der Waals surface area contributed by atoms with Gasteiger partial charge in [0.15, 0.2) is 6.23 Å². The number of nitrogens with zero attached hydrogens (tertiary/aromatic N) is 2. The smallest absolute Gasteiger partial charge is 0.205 e. The normalized spacial score (nSPS) is 28.5. The van der Waals surface area contributed by atoms with Crippen LogP contribution >= 0.6 is 23.2 Å². The molecule has 3 rings (SSSR count). The van der Waals surface area contributed by atoms with E-state index in [2.05, 4.69) is 10.3 Å². The second kappa shape index (κ2) is 5.84. The van der Waals surface area contributed by atoms with Crippen molar-refractivity contribution in [2.45, 2.75) is 24.5 Å². The minimum atomic E-state index is -1.21. The second-order valence-corrected chi connectivity index (χ2v) is 5.85. The summed E-state index contributed by atoms with van der Waals surface area (Å²) in [6.45, 7) is -0.400. The molecule has 0 bridgehead atoms. The van der Waals surface area contributed by atoms with Gasteiger partial charge in [-0.25, -0.2) is 4.98 Å². The molecular weight excluding hydrogens is 333 g/mol. The quantitative estimate of drug-likeness (QED) is 0.660. The minimum absolute atomic E-state index is 0.338. The number of ether oxygens (including phenoxy) is 1. The first kappa shape index (κ1) is 15.8. The van der Waals surface area contributed by atoms with Crippen LogP contribution < -0.4 is 5.32 Å². The van der Waals surface area contributed by atoms with E-state index in [0.29, 0.717) is 27.0 Å². The Morgan fingerprint density at radius 1 is 1.27 bits per heavy atom. The van der Waals surface area contributed by atoms with Crippen LogP contribution in [0.25, 0.3) is 11.0 Å².